The van der Waals surface area contributed by atoms with Crippen molar-refractivity contribution in [3.63, 3.8) is 0 Å². The fraction of sp³-hybridized carbons (Fsp3) is 0. The molecule has 0 aliphatic heterocycles. The van der Waals surface area contributed by atoms with Gasteiger partial charge >= 0.3 is 5.69 Å². The van der Waals surface area contributed by atoms with Crippen molar-refractivity contribution in [3.05, 3.63) is 52.2 Å². The molecule has 1 aromatic carbocycles. The molecule has 0 fully saturated rings. The summed E-state index contributed by atoms with van der Waals surface area (Å²) < 4.78 is 1.19. The van der Waals surface area contributed by atoms with Crippen molar-refractivity contribution in [2.75, 3.05) is 0 Å². The van der Waals surface area contributed by atoms with Gasteiger partial charge in [-0.3, -0.25) is 0 Å². The summed E-state index contributed by atoms with van der Waals surface area (Å²) in [6.07, 6.45) is 1.33. The van der Waals surface area contributed by atoms with E-state index in [0.29, 0.717) is 5.69 Å². The minimum absolute atomic E-state index is 0.0992. The molecule has 0 radical (unpaired) electrons. The first-order valence-corrected chi connectivity index (χ1v) is 4.32. The Morgan fingerprint density at radius 2 is 1.93 bits per heavy atom. The van der Waals surface area contributed by atoms with Crippen LogP contribution in [0.2, 0.25) is 5.15 Å². The van der Waals surface area contributed by atoms with E-state index >= 15 is 0 Å². The molecular weight excluding hydrogens is 202 g/mol. The Bertz CT molecular complexity index is 495. The molecule has 0 N–H and O–H groups in total. The van der Waals surface area contributed by atoms with E-state index in [0.717, 1.165) is 0 Å². The van der Waals surface area contributed by atoms with E-state index in [-0.39, 0.29) is 5.15 Å². The second kappa shape index (κ2) is 3.59. The maximum atomic E-state index is 11.3. The lowest BCUT2D eigenvalue weighted by Gasteiger charge is -2.01. The van der Waals surface area contributed by atoms with Gasteiger partial charge in [0.1, 0.15) is 0 Å². The van der Waals surface area contributed by atoms with E-state index in [1.807, 2.05) is 18.2 Å². The molecule has 0 amide bonds. The third-order valence-corrected chi connectivity index (χ3v) is 1.85. The van der Waals surface area contributed by atoms with Crippen LogP contribution in [0, 0.1) is 0 Å². The molecule has 1 heterocycles. The van der Waals surface area contributed by atoms with Crippen LogP contribution in [0.25, 0.3) is 5.69 Å². The summed E-state index contributed by atoms with van der Waals surface area (Å²) >= 11 is 5.52. The van der Waals surface area contributed by atoms with Gasteiger partial charge in [-0.25, -0.2) is 4.79 Å². The summed E-state index contributed by atoms with van der Waals surface area (Å²) in [7, 11) is 0. The molecule has 0 saturated heterocycles. The molecule has 2 rings (SSSR count). The summed E-state index contributed by atoms with van der Waals surface area (Å²) in [4.78, 5) is 14.9. The second-order valence-electron chi connectivity index (χ2n) is 2.61. The number of para-hydroxylation sites is 1. The zero-order valence-corrected chi connectivity index (χ0v) is 7.85. The number of benzene rings is 1. The third kappa shape index (κ3) is 1.65. The van der Waals surface area contributed by atoms with Crippen LogP contribution in [0.5, 0.6) is 0 Å². The van der Waals surface area contributed by atoms with E-state index < -0.39 is 5.69 Å². The van der Waals surface area contributed by atoms with Crippen LogP contribution in [0.4, 0.5) is 0 Å². The highest BCUT2D eigenvalue weighted by molar-refractivity contribution is 6.29. The topological polar surface area (TPSA) is 47.8 Å². The van der Waals surface area contributed by atoms with Gasteiger partial charge in [-0.15, -0.1) is 0 Å². The van der Waals surface area contributed by atoms with Crippen LogP contribution in [0.3, 0.4) is 0 Å². The molecule has 70 valence electrons. The third-order valence-electron chi connectivity index (χ3n) is 1.66. The van der Waals surface area contributed by atoms with Crippen LogP contribution in [0.1, 0.15) is 0 Å². The zero-order valence-electron chi connectivity index (χ0n) is 7.09. The lowest BCUT2D eigenvalue weighted by molar-refractivity contribution is 0.762. The quantitative estimate of drug-likeness (QED) is 0.708. The van der Waals surface area contributed by atoms with Gasteiger partial charge in [0.15, 0.2) is 5.15 Å². The molecule has 14 heavy (non-hydrogen) atoms. The normalized spacial score (nSPS) is 10.1. The standard InChI is InChI=1S/C9H6ClN3O/c10-8-6-11-13(9(14)12-8)7-4-2-1-3-5-7/h1-6H. The molecule has 0 saturated carbocycles. The molecule has 0 unspecified atom stereocenters. The smallest absolute Gasteiger partial charge is 0.244 e. The fourth-order valence-corrected chi connectivity index (χ4v) is 1.18. The van der Waals surface area contributed by atoms with Crippen molar-refractivity contribution in [1.29, 1.82) is 0 Å². The first-order valence-electron chi connectivity index (χ1n) is 3.95. The SMILES string of the molecule is O=c1nc(Cl)cnn1-c1ccccc1. The van der Waals surface area contributed by atoms with Gasteiger partial charge in [-0.1, -0.05) is 29.8 Å². The molecule has 5 heteroatoms. The molecule has 0 aliphatic rings. The first kappa shape index (κ1) is 8.90. The van der Waals surface area contributed by atoms with Gasteiger partial charge in [0.2, 0.25) is 0 Å². The van der Waals surface area contributed by atoms with Crippen LogP contribution in [-0.4, -0.2) is 14.8 Å². The van der Waals surface area contributed by atoms with Gasteiger partial charge in [0.05, 0.1) is 11.9 Å². The Kier molecular flexibility index (Phi) is 2.28. The van der Waals surface area contributed by atoms with Gasteiger partial charge < -0.3 is 0 Å². The van der Waals surface area contributed by atoms with Crippen molar-refractivity contribution in [2.24, 2.45) is 0 Å². The average molecular weight is 208 g/mol. The maximum absolute atomic E-state index is 11.3. The highest BCUT2D eigenvalue weighted by Crippen LogP contribution is 2.02. The number of rotatable bonds is 1. The summed E-state index contributed by atoms with van der Waals surface area (Å²) in [6, 6.07) is 9.03. The van der Waals surface area contributed by atoms with E-state index in [4.69, 9.17) is 11.6 Å². The predicted octanol–water partition coefficient (Wildman–Crippen LogP) is 1.28. The number of halogens is 1. The monoisotopic (exact) mass is 207 g/mol. The number of hydrogen-bond acceptors (Lipinski definition) is 3. The largest absolute Gasteiger partial charge is 0.370 e. The average Bonchev–Trinajstić information content (AvgIpc) is 2.19. The molecule has 0 aliphatic carbocycles. The predicted molar refractivity (Wildman–Crippen MR) is 52.6 cm³/mol. The molecule has 1 aromatic heterocycles. The van der Waals surface area contributed by atoms with Crippen molar-refractivity contribution in [2.45, 2.75) is 0 Å². The summed E-state index contributed by atoms with van der Waals surface area (Å²) in [5.74, 6) is 0. The minimum Gasteiger partial charge on any atom is -0.244 e. The Morgan fingerprint density at radius 3 is 2.57 bits per heavy atom. The maximum Gasteiger partial charge on any atom is 0.370 e. The summed E-state index contributed by atoms with van der Waals surface area (Å²) in [6.45, 7) is 0. The molecule has 2 aromatic rings. The van der Waals surface area contributed by atoms with Gasteiger partial charge in [-0.2, -0.15) is 14.8 Å². The summed E-state index contributed by atoms with van der Waals surface area (Å²) in [5.41, 5.74) is 0.186. The lowest BCUT2D eigenvalue weighted by Crippen LogP contribution is -2.23. The van der Waals surface area contributed by atoms with E-state index in [9.17, 15) is 4.79 Å². The van der Waals surface area contributed by atoms with Crippen molar-refractivity contribution >= 4 is 11.6 Å². The van der Waals surface area contributed by atoms with Crippen molar-refractivity contribution < 1.29 is 0 Å². The van der Waals surface area contributed by atoms with Gasteiger partial charge in [0.25, 0.3) is 0 Å². The number of hydrogen-bond donors (Lipinski definition) is 0. The Balaban J connectivity index is 2.59. The van der Waals surface area contributed by atoms with Crippen LogP contribution in [-0.2, 0) is 0 Å². The Morgan fingerprint density at radius 1 is 1.21 bits per heavy atom. The highest BCUT2D eigenvalue weighted by atomic mass is 35.5. The van der Waals surface area contributed by atoms with Crippen LogP contribution >= 0.6 is 11.6 Å². The number of aromatic nitrogens is 3. The van der Waals surface area contributed by atoms with Crippen LogP contribution in [0.15, 0.2) is 41.3 Å². The molecular formula is C9H6ClN3O. The van der Waals surface area contributed by atoms with Crippen molar-refractivity contribution in [1.82, 2.24) is 14.8 Å². The van der Waals surface area contributed by atoms with Crippen molar-refractivity contribution in [3.8, 4) is 5.69 Å². The highest BCUT2D eigenvalue weighted by Gasteiger charge is 2.01. The molecule has 4 nitrogen and oxygen atoms in total. The van der Waals surface area contributed by atoms with E-state index in [1.165, 1.54) is 10.9 Å². The van der Waals surface area contributed by atoms with E-state index in [2.05, 4.69) is 10.1 Å². The second-order valence-corrected chi connectivity index (χ2v) is 3.00. The minimum atomic E-state index is -0.483. The van der Waals surface area contributed by atoms with Crippen LogP contribution < -0.4 is 5.69 Å². The first-order chi connectivity index (χ1) is 6.77. The fourth-order valence-electron chi connectivity index (χ4n) is 1.07. The van der Waals surface area contributed by atoms with E-state index in [1.54, 1.807) is 12.1 Å². The molecule has 0 bridgehead atoms. The number of nitrogens with zero attached hydrogens (tertiary/aromatic N) is 3. The van der Waals surface area contributed by atoms with Gasteiger partial charge in [0, 0.05) is 0 Å². The van der Waals surface area contributed by atoms with Gasteiger partial charge in [-0.05, 0) is 12.1 Å². The Labute approximate surface area is 84.8 Å². The molecule has 0 atom stereocenters. The lowest BCUT2D eigenvalue weighted by atomic mass is 10.3. The summed E-state index contributed by atoms with van der Waals surface area (Å²) in [5, 5.41) is 3.96. The molecule has 0 spiro atoms. The Hall–Kier alpha value is -1.68. The zero-order chi connectivity index (χ0) is 9.97.